The van der Waals surface area contributed by atoms with Crippen molar-refractivity contribution in [1.29, 1.82) is 0 Å². The number of benzene rings is 1. The van der Waals surface area contributed by atoms with Crippen LogP contribution in [0, 0.1) is 0 Å². The summed E-state index contributed by atoms with van der Waals surface area (Å²) in [6.07, 6.45) is 2.10. The average Bonchev–Trinajstić information content (AvgIpc) is 3.25. The van der Waals surface area contributed by atoms with Crippen molar-refractivity contribution in [2.45, 2.75) is 59.0 Å². The summed E-state index contributed by atoms with van der Waals surface area (Å²) in [7, 11) is 0. The largest absolute Gasteiger partial charge is 0.322 e. The Bertz CT molecular complexity index is 1120. The van der Waals surface area contributed by atoms with E-state index in [1.807, 2.05) is 16.8 Å². The van der Waals surface area contributed by atoms with Crippen molar-refractivity contribution >= 4 is 10.9 Å². The van der Waals surface area contributed by atoms with Gasteiger partial charge >= 0.3 is 0 Å². The number of hydrogen-bond acceptors (Lipinski definition) is 6. The molecule has 1 N–H and O–H groups in total. The van der Waals surface area contributed by atoms with Crippen LogP contribution in [0.5, 0.6) is 0 Å². The maximum atomic E-state index is 13.3. The molecule has 3 heterocycles. The molecule has 0 amide bonds. The van der Waals surface area contributed by atoms with E-state index in [0.717, 1.165) is 62.3 Å². The Labute approximate surface area is 189 Å². The molecule has 32 heavy (non-hydrogen) atoms. The third kappa shape index (κ3) is 4.47. The van der Waals surface area contributed by atoms with Gasteiger partial charge in [0.05, 0.1) is 5.54 Å². The first kappa shape index (κ1) is 22.6. The molecule has 8 nitrogen and oxygen atoms in total. The quantitative estimate of drug-likeness (QED) is 0.638. The highest BCUT2D eigenvalue weighted by molar-refractivity contribution is 5.80. The van der Waals surface area contributed by atoms with E-state index in [2.05, 4.69) is 77.1 Å². The van der Waals surface area contributed by atoms with E-state index in [1.54, 1.807) is 0 Å². The minimum atomic E-state index is -0.300. The number of aromatic amines is 1. The van der Waals surface area contributed by atoms with Crippen molar-refractivity contribution in [2.24, 2.45) is 0 Å². The number of aromatic nitrogens is 5. The van der Waals surface area contributed by atoms with Gasteiger partial charge in [0, 0.05) is 37.3 Å². The summed E-state index contributed by atoms with van der Waals surface area (Å²) in [5, 5.41) is 13.8. The van der Waals surface area contributed by atoms with Crippen molar-refractivity contribution in [3.8, 4) is 0 Å². The van der Waals surface area contributed by atoms with Crippen LogP contribution >= 0.6 is 0 Å². The fraction of sp³-hybridized carbons (Fsp3) is 0.583. The van der Waals surface area contributed by atoms with Gasteiger partial charge in [0.2, 0.25) is 0 Å². The second-order valence-corrected chi connectivity index (χ2v) is 9.73. The monoisotopic (exact) mass is 437 g/mol. The lowest BCUT2D eigenvalue weighted by atomic mass is 10.00. The van der Waals surface area contributed by atoms with Crippen LogP contribution in [0.2, 0.25) is 0 Å². The molecule has 0 saturated carbocycles. The Morgan fingerprint density at radius 3 is 2.50 bits per heavy atom. The SMILES string of the molecule is CCCN1CCN([C@@H](c2cc3cc(CC)ccc3[nH]c2=O)c2nnnn2C(C)(C)C)CC1. The predicted octanol–water partition coefficient (Wildman–Crippen LogP) is 2.95. The molecule has 0 spiro atoms. The molecule has 0 bridgehead atoms. The Morgan fingerprint density at radius 2 is 1.84 bits per heavy atom. The second kappa shape index (κ2) is 9.11. The van der Waals surface area contributed by atoms with Gasteiger partial charge in [0.1, 0.15) is 6.04 Å². The van der Waals surface area contributed by atoms with E-state index in [0.29, 0.717) is 5.56 Å². The van der Waals surface area contributed by atoms with Crippen molar-refractivity contribution in [2.75, 3.05) is 32.7 Å². The summed E-state index contributed by atoms with van der Waals surface area (Å²) in [4.78, 5) is 21.3. The first-order valence-electron chi connectivity index (χ1n) is 11.7. The lowest BCUT2D eigenvalue weighted by Crippen LogP contribution is -2.49. The van der Waals surface area contributed by atoms with E-state index >= 15 is 0 Å². The van der Waals surface area contributed by atoms with E-state index < -0.39 is 0 Å². The maximum absolute atomic E-state index is 13.3. The lowest BCUT2D eigenvalue weighted by molar-refractivity contribution is 0.102. The zero-order valence-electron chi connectivity index (χ0n) is 19.9. The topological polar surface area (TPSA) is 82.9 Å². The van der Waals surface area contributed by atoms with Gasteiger partial charge in [-0.25, -0.2) is 4.68 Å². The van der Waals surface area contributed by atoms with Crippen molar-refractivity contribution in [3.05, 3.63) is 51.6 Å². The number of nitrogens with one attached hydrogen (secondary N) is 1. The van der Waals surface area contributed by atoms with E-state index in [-0.39, 0.29) is 17.1 Å². The standard InChI is InChI=1S/C24H35N7O/c1-6-10-29-11-13-30(14-12-29)21(22-26-27-28-31(22)24(3,4)5)19-16-18-15-17(7-2)8-9-20(18)25-23(19)32/h8-9,15-16,21H,6-7,10-14H2,1-5H3,(H,25,32)/t21-/m0/s1. The molecule has 1 saturated heterocycles. The van der Waals surface area contributed by atoms with Crippen molar-refractivity contribution < 1.29 is 0 Å². The van der Waals surface area contributed by atoms with Gasteiger partial charge in [-0.15, -0.1) is 5.10 Å². The van der Waals surface area contributed by atoms with Crippen LogP contribution in [0.25, 0.3) is 10.9 Å². The zero-order chi connectivity index (χ0) is 22.9. The van der Waals surface area contributed by atoms with Crippen LogP contribution in [0.3, 0.4) is 0 Å². The first-order chi connectivity index (χ1) is 15.3. The second-order valence-electron chi connectivity index (χ2n) is 9.73. The Hall–Kier alpha value is -2.58. The number of rotatable bonds is 6. The predicted molar refractivity (Wildman–Crippen MR) is 127 cm³/mol. The molecular weight excluding hydrogens is 402 g/mol. The number of aryl methyl sites for hydroxylation is 1. The van der Waals surface area contributed by atoms with E-state index in [9.17, 15) is 4.79 Å². The van der Waals surface area contributed by atoms with Gasteiger partial charge in [0.15, 0.2) is 5.82 Å². The van der Waals surface area contributed by atoms with Crippen LogP contribution < -0.4 is 5.56 Å². The molecule has 1 aromatic carbocycles. The van der Waals surface area contributed by atoms with Gasteiger partial charge in [-0.05, 0) is 79.7 Å². The normalized spacial score (nSPS) is 17.2. The highest BCUT2D eigenvalue weighted by Gasteiger charge is 2.34. The first-order valence-corrected chi connectivity index (χ1v) is 11.7. The highest BCUT2D eigenvalue weighted by Crippen LogP contribution is 2.30. The van der Waals surface area contributed by atoms with Gasteiger partial charge in [-0.2, -0.15) is 0 Å². The van der Waals surface area contributed by atoms with E-state index in [1.165, 1.54) is 5.56 Å². The van der Waals surface area contributed by atoms with Crippen LogP contribution in [0.1, 0.15) is 64.0 Å². The number of H-pyrrole nitrogens is 1. The third-order valence-electron chi connectivity index (χ3n) is 6.33. The minimum absolute atomic E-state index is 0.0776. The molecule has 1 aliphatic rings. The summed E-state index contributed by atoms with van der Waals surface area (Å²) in [6, 6.07) is 7.97. The Morgan fingerprint density at radius 1 is 1.09 bits per heavy atom. The van der Waals surface area contributed by atoms with Gasteiger partial charge in [0.25, 0.3) is 5.56 Å². The number of tetrazole rings is 1. The molecule has 0 aliphatic carbocycles. The number of hydrogen-bond donors (Lipinski definition) is 1. The lowest BCUT2D eigenvalue weighted by Gasteiger charge is -2.39. The zero-order valence-corrected chi connectivity index (χ0v) is 19.9. The average molecular weight is 438 g/mol. The van der Waals surface area contributed by atoms with E-state index in [4.69, 9.17) is 0 Å². The summed E-state index contributed by atoms with van der Waals surface area (Å²) >= 11 is 0. The fourth-order valence-corrected chi connectivity index (χ4v) is 4.60. The molecule has 1 atom stereocenters. The van der Waals surface area contributed by atoms with Crippen molar-refractivity contribution in [1.82, 2.24) is 35.0 Å². The summed E-state index contributed by atoms with van der Waals surface area (Å²) < 4.78 is 1.86. The number of nitrogens with zero attached hydrogens (tertiary/aromatic N) is 6. The molecule has 1 fully saturated rings. The number of pyridine rings is 1. The molecule has 2 aromatic heterocycles. The molecule has 0 unspecified atom stereocenters. The fourth-order valence-electron chi connectivity index (χ4n) is 4.60. The number of piperazine rings is 1. The molecule has 0 radical (unpaired) electrons. The molecular formula is C24H35N7O. The Balaban J connectivity index is 1.82. The highest BCUT2D eigenvalue weighted by atomic mass is 16.1. The maximum Gasteiger partial charge on any atom is 0.253 e. The van der Waals surface area contributed by atoms with Crippen LogP contribution in [0.4, 0.5) is 0 Å². The molecule has 8 heteroatoms. The molecule has 172 valence electrons. The smallest absolute Gasteiger partial charge is 0.253 e. The van der Waals surface area contributed by atoms with Gasteiger partial charge in [-0.3, -0.25) is 9.69 Å². The molecule has 1 aliphatic heterocycles. The van der Waals surface area contributed by atoms with Crippen LogP contribution in [0.15, 0.2) is 29.1 Å². The summed E-state index contributed by atoms with van der Waals surface area (Å²) in [5.41, 5.74) is 2.44. The summed E-state index contributed by atoms with van der Waals surface area (Å²) in [6.45, 7) is 15.4. The number of fused-ring (bicyclic) bond motifs is 1. The van der Waals surface area contributed by atoms with Crippen molar-refractivity contribution in [3.63, 3.8) is 0 Å². The summed E-state index contributed by atoms with van der Waals surface area (Å²) in [5.74, 6) is 0.720. The Kier molecular flexibility index (Phi) is 6.44. The van der Waals surface area contributed by atoms with Gasteiger partial charge in [-0.1, -0.05) is 19.9 Å². The molecule has 3 aromatic rings. The van der Waals surface area contributed by atoms with Crippen LogP contribution in [-0.2, 0) is 12.0 Å². The third-order valence-corrected chi connectivity index (χ3v) is 6.33. The van der Waals surface area contributed by atoms with Crippen LogP contribution in [-0.4, -0.2) is 67.7 Å². The molecule has 4 rings (SSSR count). The minimum Gasteiger partial charge on any atom is -0.322 e. The van der Waals surface area contributed by atoms with Gasteiger partial charge < -0.3 is 9.88 Å².